The molecule has 0 saturated carbocycles. The van der Waals surface area contributed by atoms with E-state index in [1.807, 2.05) is 0 Å². The van der Waals surface area contributed by atoms with Crippen LogP contribution in [0.5, 0.6) is 5.88 Å². The van der Waals surface area contributed by atoms with Gasteiger partial charge in [0, 0.05) is 25.4 Å². The minimum Gasteiger partial charge on any atom is -0.479 e. The summed E-state index contributed by atoms with van der Waals surface area (Å²) in [6.45, 7) is 0. The number of thiazole rings is 1. The van der Waals surface area contributed by atoms with Crippen molar-refractivity contribution in [2.24, 2.45) is 7.05 Å². The number of amides is 1. The van der Waals surface area contributed by atoms with Crippen molar-refractivity contribution < 1.29 is 14.5 Å². The van der Waals surface area contributed by atoms with E-state index in [1.165, 1.54) is 30.1 Å². The summed E-state index contributed by atoms with van der Waals surface area (Å²) in [6, 6.07) is 4.34. The van der Waals surface area contributed by atoms with Gasteiger partial charge >= 0.3 is 0 Å². The fraction of sp³-hybridized carbons (Fsp3) is 0.154. The van der Waals surface area contributed by atoms with E-state index in [1.54, 1.807) is 13.1 Å². The molecule has 0 spiro atoms. The number of benzene rings is 1. The Hall–Kier alpha value is -3.01. The van der Waals surface area contributed by atoms with Crippen LogP contribution in [0.3, 0.4) is 0 Å². The summed E-state index contributed by atoms with van der Waals surface area (Å²) in [6.07, 6.45) is 1.53. The molecule has 23 heavy (non-hydrogen) atoms. The van der Waals surface area contributed by atoms with Gasteiger partial charge in [0.15, 0.2) is 5.13 Å². The molecular formula is C13H11N5O4S. The number of aromatic nitrogens is 3. The number of anilines is 1. The predicted octanol–water partition coefficient (Wildman–Crippen LogP) is 2.20. The van der Waals surface area contributed by atoms with Gasteiger partial charge in [-0.1, -0.05) is 11.3 Å². The number of ether oxygens (including phenoxy) is 1. The van der Waals surface area contributed by atoms with Crippen LogP contribution >= 0.6 is 11.3 Å². The lowest BCUT2D eigenvalue weighted by Crippen LogP contribution is -2.12. The van der Waals surface area contributed by atoms with Crippen LogP contribution < -0.4 is 10.1 Å². The van der Waals surface area contributed by atoms with Crippen LogP contribution in [0.4, 0.5) is 10.8 Å². The van der Waals surface area contributed by atoms with Gasteiger partial charge in [0.25, 0.3) is 11.6 Å². The third-order valence-electron chi connectivity index (χ3n) is 3.04. The Labute approximate surface area is 133 Å². The molecule has 0 atom stereocenters. The number of nitro groups is 1. The Kier molecular flexibility index (Phi) is 3.66. The number of hydrogen-bond donors (Lipinski definition) is 1. The van der Waals surface area contributed by atoms with E-state index in [2.05, 4.69) is 15.4 Å². The Morgan fingerprint density at radius 1 is 1.48 bits per heavy atom. The molecule has 1 aromatic carbocycles. The zero-order chi connectivity index (χ0) is 16.6. The van der Waals surface area contributed by atoms with E-state index in [9.17, 15) is 14.9 Å². The molecule has 0 fully saturated rings. The number of nitrogens with one attached hydrogen (secondary N) is 1. The van der Waals surface area contributed by atoms with Gasteiger partial charge in [0.2, 0.25) is 5.88 Å². The molecule has 0 unspecified atom stereocenters. The van der Waals surface area contributed by atoms with E-state index in [0.717, 1.165) is 11.3 Å². The lowest BCUT2D eigenvalue weighted by Gasteiger charge is -2.00. The Morgan fingerprint density at radius 2 is 2.26 bits per heavy atom. The molecule has 0 saturated heterocycles. The van der Waals surface area contributed by atoms with Gasteiger partial charge in [-0.2, -0.15) is 0 Å². The number of aryl methyl sites for hydroxylation is 1. The number of nitrogens with zero attached hydrogens (tertiary/aromatic N) is 4. The Balaban J connectivity index is 1.88. The average Bonchev–Trinajstić information content (AvgIpc) is 3.08. The highest BCUT2D eigenvalue weighted by Gasteiger charge is 2.18. The Bertz CT molecular complexity index is 916. The first-order chi connectivity index (χ1) is 11.0. The SMILES string of the molecule is COc1nn(C)cc1C(=O)Nc1nc2ccc([N+](=O)[O-])cc2s1. The molecule has 1 N–H and O–H groups in total. The summed E-state index contributed by atoms with van der Waals surface area (Å²) in [5.74, 6) is -0.203. The predicted molar refractivity (Wildman–Crippen MR) is 84.0 cm³/mol. The summed E-state index contributed by atoms with van der Waals surface area (Å²) < 4.78 is 7.13. The normalized spacial score (nSPS) is 10.7. The van der Waals surface area contributed by atoms with Crippen molar-refractivity contribution in [3.63, 3.8) is 0 Å². The van der Waals surface area contributed by atoms with Crippen LogP contribution in [-0.4, -0.2) is 32.7 Å². The van der Waals surface area contributed by atoms with E-state index in [-0.39, 0.29) is 17.1 Å². The topological polar surface area (TPSA) is 112 Å². The van der Waals surface area contributed by atoms with E-state index in [0.29, 0.717) is 15.3 Å². The van der Waals surface area contributed by atoms with Crippen molar-refractivity contribution >= 4 is 38.3 Å². The van der Waals surface area contributed by atoms with Gasteiger partial charge in [-0.05, 0) is 6.07 Å². The smallest absolute Gasteiger partial charge is 0.270 e. The number of hydrogen-bond acceptors (Lipinski definition) is 7. The molecule has 0 aliphatic carbocycles. The van der Waals surface area contributed by atoms with Gasteiger partial charge < -0.3 is 4.74 Å². The molecule has 0 aliphatic heterocycles. The summed E-state index contributed by atoms with van der Waals surface area (Å²) in [5.41, 5.74) is 0.835. The fourth-order valence-corrected chi connectivity index (χ4v) is 2.91. The van der Waals surface area contributed by atoms with Gasteiger partial charge in [0.05, 0.1) is 22.2 Å². The second-order valence-electron chi connectivity index (χ2n) is 4.61. The number of rotatable bonds is 4. The van der Waals surface area contributed by atoms with Crippen molar-refractivity contribution in [3.05, 3.63) is 40.1 Å². The highest BCUT2D eigenvalue weighted by Crippen LogP contribution is 2.29. The van der Waals surface area contributed by atoms with Gasteiger partial charge in [-0.15, -0.1) is 5.10 Å². The summed E-state index contributed by atoms with van der Waals surface area (Å²) in [5, 5.41) is 17.8. The largest absolute Gasteiger partial charge is 0.479 e. The average molecular weight is 333 g/mol. The summed E-state index contributed by atoms with van der Waals surface area (Å²) in [4.78, 5) is 26.8. The standard InChI is InChI=1S/C13H11N5O4S/c1-17-6-8(12(16-17)22-2)11(19)15-13-14-9-4-3-7(18(20)21)5-10(9)23-13/h3-6H,1-2H3,(H,14,15,19). The first kappa shape index (κ1) is 14.9. The second-order valence-corrected chi connectivity index (χ2v) is 5.64. The van der Waals surface area contributed by atoms with Crippen LogP contribution in [0.15, 0.2) is 24.4 Å². The lowest BCUT2D eigenvalue weighted by molar-refractivity contribution is -0.384. The fourth-order valence-electron chi connectivity index (χ4n) is 2.02. The number of nitro benzene ring substituents is 1. The maximum absolute atomic E-state index is 12.3. The number of carbonyl (C=O) groups excluding carboxylic acids is 1. The molecule has 1 amide bonds. The minimum absolute atomic E-state index is 0.0204. The van der Waals surface area contributed by atoms with Crippen LogP contribution in [-0.2, 0) is 7.05 Å². The molecule has 0 bridgehead atoms. The number of non-ortho nitro benzene ring substituents is 1. The van der Waals surface area contributed by atoms with Gasteiger partial charge in [-0.25, -0.2) is 4.98 Å². The van der Waals surface area contributed by atoms with E-state index >= 15 is 0 Å². The van der Waals surface area contributed by atoms with Crippen LogP contribution in [0.25, 0.3) is 10.2 Å². The Morgan fingerprint density at radius 3 is 2.96 bits per heavy atom. The van der Waals surface area contributed by atoms with Crippen molar-refractivity contribution in [3.8, 4) is 5.88 Å². The maximum Gasteiger partial charge on any atom is 0.270 e. The molecule has 10 heteroatoms. The molecule has 2 heterocycles. The van der Waals surface area contributed by atoms with Crippen LogP contribution in [0.1, 0.15) is 10.4 Å². The van der Waals surface area contributed by atoms with Crippen molar-refractivity contribution in [1.82, 2.24) is 14.8 Å². The second kappa shape index (κ2) is 5.65. The zero-order valence-corrected chi connectivity index (χ0v) is 13.0. The number of fused-ring (bicyclic) bond motifs is 1. The van der Waals surface area contributed by atoms with E-state index < -0.39 is 10.8 Å². The molecule has 0 aliphatic rings. The summed E-state index contributed by atoms with van der Waals surface area (Å²) in [7, 11) is 3.10. The highest BCUT2D eigenvalue weighted by atomic mass is 32.1. The van der Waals surface area contributed by atoms with E-state index in [4.69, 9.17) is 4.74 Å². The first-order valence-corrected chi connectivity index (χ1v) is 7.23. The van der Waals surface area contributed by atoms with Crippen molar-refractivity contribution in [1.29, 1.82) is 0 Å². The molecule has 9 nitrogen and oxygen atoms in total. The van der Waals surface area contributed by atoms with Gasteiger partial charge in [0.1, 0.15) is 5.56 Å². The monoisotopic (exact) mass is 333 g/mol. The molecule has 3 rings (SSSR count). The minimum atomic E-state index is -0.474. The van der Waals surface area contributed by atoms with Crippen LogP contribution in [0, 0.1) is 10.1 Å². The molecule has 3 aromatic rings. The van der Waals surface area contributed by atoms with Crippen molar-refractivity contribution in [2.75, 3.05) is 12.4 Å². The quantitative estimate of drug-likeness (QED) is 0.578. The number of methoxy groups -OCH3 is 1. The molecule has 2 aromatic heterocycles. The molecular weight excluding hydrogens is 322 g/mol. The van der Waals surface area contributed by atoms with Crippen LogP contribution in [0.2, 0.25) is 0 Å². The summed E-state index contributed by atoms with van der Waals surface area (Å²) >= 11 is 1.16. The van der Waals surface area contributed by atoms with Crippen molar-refractivity contribution in [2.45, 2.75) is 0 Å². The highest BCUT2D eigenvalue weighted by molar-refractivity contribution is 7.22. The zero-order valence-electron chi connectivity index (χ0n) is 12.1. The maximum atomic E-state index is 12.3. The third kappa shape index (κ3) is 2.83. The third-order valence-corrected chi connectivity index (χ3v) is 3.97. The first-order valence-electron chi connectivity index (χ1n) is 6.42. The molecule has 0 radical (unpaired) electrons. The lowest BCUT2D eigenvalue weighted by atomic mass is 10.3. The van der Waals surface area contributed by atoms with Gasteiger partial charge in [-0.3, -0.25) is 24.9 Å². The number of carbonyl (C=O) groups is 1. The molecule has 118 valence electrons.